The monoisotopic (exact) mass is 481 g/mol. The van der Waals surface area contributed by atoms with E-state index in [0.717, 1.165) is 39.6 Å². The minimum atomic E-state index is -0.532. The summed E-state index contributed by atoms with van der Waals surface area (Å²) >= 11 is 0. The van der Waals surface area contributed by atoms with Gasteiger partial charge in [-0.05, 0) is 53.5 Å². The molecule has 3 amide bonds. The van der Waals surface area contributed by atoms with E-state index in [4.69, 9.17) is 4.74 Å². The fourth-order valence-corrected chi connectivity index (χ4v) is 5.46. The van der Waals surface area contributed by atoms with E-state index in [9.17, 15) is 14.4 Å². The maximum absolute atomic E-state index is 13.4. The van der Waals surface area contributed by atoms with Crippen molar-refractivity contribution >= 4 is 34.2 Å². The second-order valence-corrected chi connectivity index (χ2v) is 9.66. The number of benzene rings is 3. The van der Waals surface area contributed by atoms with E-state index in [0.29, 0.717) is 43.8 Å². The predicted molar refractivity (Wildman–Crippen MR) is 137 cm³/mol. The van der Waals surface area contributed by atoms with E-state index in [1.54, 1.807) is 4.90 Å². The fraction of sp³-hybridized carbons (Fsp3) is 0.276. The molecular weight excluding hydrogens is 454 g/mol. The number of hydrogen-bond acceptors (Lipinski definition) is 4. The van der Waals surface area contributed by atoms with E-state index in [1.165, 1.54) is 0 Å². The minimum Gasteiger partial charge on any atom is -0.370 e. The molecule has 3 aromatic carbocycles. The van der Waals surface area contributed by atoms with E-state index >= 15 is 0 Å². The van der Waals surface area contributed by atoms with Gasteiger partial charge in [-0.3, -0.25) is 19.3 Å². The number of carbonyl (C=O) groups is 3. The number of allylic oxidation sites excluding steroid dienone is 1. The number of carbonyl (C=O) groups excluding carboxylic acids is 3. The smallest absolute Gasteiger partial charge is 0.259 e. The zero-order valence-electron chi connectivity index (χ0n) is 20.0. The molecule has 3 heterocycles. The standard InChI is InChI=1S/C29H27N3O4/c1-18-5-11-25(28(34)30-18)32-24-12-10-21(22-3-2-4-23(27(22)24)29(32)35)15-19-6-8-20(9-7-19)16-31-13-14-36-17-26(31)33/h2-4,6-10,12,25H,1,5,11,13-17H2,(H,30,34). The lowest BCUT2D eigenvalue weighted by atomic mass is 9.95. The van der Waals surface area contributed by atoms with Gasteiger partial charge in [-0.1, -0.05) is 49.0 Å². The summed E-state index contributed by atoms with van der Waals surface area (Å²) in [6.07, 6.45) is 1.94. The molecule has 1 N–H and O–H groups in total. The van der Waals surface area contributed by atoms with Crippen molar-refractivity contribution in [2.24, 2.45) is 0 Å². The van der Waals surface area contributed by atoms with Crippen molar-refractivity contribution in [2.45, 2.75) is 31.8 Å². The first-order valence-electron chi connectivity index (χ1n) is 12.3. The van der Waals surface area contributed by atoms with Crippen LogP contribution in [0, 0.1) is 0 Å². The Morgan fingerprint density at radius 3 is 2.58 bits per heavy atom. The van der Waals surface area contributed by atoms with Crippen LogP contribution in [0.5, 0.6) is 0 Å². The van der Waals surface area contributed by atoms with Crippen LogP contribution in [-0.2, 0) is 27.3 Å². The molecule has 3 aliphatic rings. The Balaban J connectivity index is 1.27. The van der Waals surface area contributed by atoms with E-state index in [-0.39, 0.29) is 24.3 Å². The topological polar surface area (TPSA) is 79.0 Å². The first-order chi connectivity index (χ1) is 17.5. The Hall–Kier alpha value is -3.97. The van der Waals surface area contributed by atoms with E-state index < -0.39 is 6.04 Å². The van der Waals surface area contributed by atoms with E-state index in [2.05, 4.69) is 48.3 Å². The molecule has 7 heteroatoms. The summed E-state index contributed by atoms with van der Waals surface area (Å²) in [4.78, 5) is 41.6. The number of morpholine rings is 1. The molecule has 0 bridgehead atoms. The van der Waals surface area contributed by atoms with Crippen molar-refractivity contribution in [2.75, 3.05) is 24.7 Å². The Labute approximate surface area is 209 Å². The first kappa shape index (κ1) is 22.5. The van der Waals surface area contributed by atoms with Gasteiger partial charge in [0.15, 0.2) is 0 Å². The van der Waals surface area contributed by atoms with Gasteiger partial charge in [-0.25, -0.2) is 0 Å². The van der Waals surface area contributed by atoms with Crippen LogP contribution in [0.2, 0.25) is 0 Å². The van der Waals surface area contributed by atoms with Gasteiger partial charge in [0.2, 0.25) is 11.8 Å². The molecule has 7 nitrogen and oxygen atoms in total. The number of anilines is 1. The summed E-state index contributed by atoms with van der Waals surface area (Å²) in [5.74, 6) is -0.275. The number of rotatable bonds is 5. The van der Waals surface area contributed by atoms with Crippen molar-refractivity contribution in [3.05, 3.63) is 89.1 Å². The maximum Gasteiger partial charge on any atom is 0.259 e. The molecule has 1 atom stereocenters. The number of amides is 3. The molecule has 182 valence electrons. The van der Waals surface area contributed by atoms with Gasteiger partial charge < -0.3 is 15.0 Å². The number of nitrogens with one attached hydrogen (secondary N) is 1. The third-order valence-corrected chi connectivity index (χ3v) is 7.33. The molecule has 3 aliphatic heterocycles. The van der Waals surface area contributed by atoms with Crippen LogP contribution in [0.1, 0.15) is 39.9 Å². The second kappa shape index (κ2) is 8.91. The molecule has 0 spiro atoms. The highest BCUT2D eigenvalue weighted by molar-refractivity contribution is 6.27. The summed E-state index contributed by atoms with van der Waals surface area (Å²) in [5, 5.41) is 4.76. The zero-order chi connectivity index (χ0) is 24.8. The van der Waals surface area contributed by atoms with Crippen molar-refractivity contribution in [1.29, 1.82) is 0 Å². The second-order valence-electron chi connectivity index (χ2n) is 9.66. The van der Waals surface area contributed by atoms with Crippen LogP contribution in [0.4, 0.5) is 5.69 Å². The number of hydrogen-bond donors (Lipinski definition) is 1. The van der Waals surface area contributed by atoms with Crippen LogP contribution in [-0.4, -0.2) is 48.4 Å². The quantitative estimate of drug-likeness (QED) is 0.605. The molecule has 6 rings (SSSR count). The maximum atomic E-state index is 13.4. The molecule has 2 saturated heterocycles. The number of piperidine rings is 1. The summed E-state index contributed by atoms with van der Waals surface area (Å²) < 4.78 is 5.21. The molecule has 0 aliphatic carbocycles. The number of ether oxygens (including phenoxy) is 1. The Bertz CT molecular complexity index is 1410. The SMILES string of the molecule is C=C1CCC(N2C(=O)c3cccc4c(Cc5ccc(CN6CCOCC6=O)cc5)ccc2c34)C(=O)N1. The normalized spacial score (nSPS) is 19.8. The molecular formula is C29H27N3O4. The zero-order valence-corrected chi connectivity index (χ0v) is 20.0. The van der Waals surface area contributed by atoms with Gasteiger partial charge in [0, 0.05) is 29.7 Å². The first-order valence-corrected chi connectivity index (χ1v) is 12.3. The summed E-state index contributed by atoms with van der Waals surface area (Å²) in [7, 11) is 0. The Morgan fingerprint density at radius 2 is 1.81 bits per heavy atom. The fourth-order valence-electron chi connectivity index (χ4n) is 5.46. The average Bonchev–Trinajstić information content (AvgIpc) is 3.16. The van der Waals surface area contributed by atoms with Gasteiger partial charge >= 0.3 is 0 Å². The molecule has 0 saturated carbocycles. The third kappa shape index (κ3) is 3.85. The summed E-state index contributed by atoms with van der Waals surface area (Å²) in [6, 6.07) is 17.6. The van der Waals surface area contributed by atoms with Crippen LogP contribution < -0.4 is 10.2 Å². The highest BCUT2D eigenvalue weighted by Crippen LogP contribution is 2.41. The number of nitrogens with zero attached hydrogens (tertiary/aromatic N) is 2. The lowest BCUT2D eigenvalue weighted by Gasteiger charge is -2.31. The molecule has 36 heavy (non-hydrogen) atoms. The van der Waals surface area contributed by atoms with Crippen molar-refractivity contribution in [3.8, 4) is 0 Å². The molecule has 3 aromatic rings. The third-order valence-electron chi connectivity index (χ3n) is 7.33. The molecule has 1 unspecified atom stereocenters. The lowest BCUT2D eigenvalue weighted by molar-refractivity contribution is -0.143. The van der Waals surface area contributed by atoms with Crippen LogP contribution in [0.15, 0.2) is 66.9 Å². The van der Waals surface area contributed by atoms with Crippen LogP contribution >= 0.6 is 0 Å². The van der Waals surface area contributed by atoms with Crippen molar-refractivity contribution in [3.63, 3.8) is 0 Å². The van der Waals surface area contributed by atoms with Crippen molar-refractivity contribution in [1.82, 2.24) is 10.2 Å². The van der Waals surface area contributed by atoms with Gasteiger partial charge in [0.1, 0.15) is 12.6 Å². The predicted octanol–water partition coefficient (Wildman–Crippen LogP) is 3.54. The molecule has 0 aromatic heterocycles. The molecule has 0 radical (unpaired) electrons. The summed E-state index contributed by atoms with van der Waals surface area (Å²) in [5.41, 5.74) is 5.51. The van der Waals surface area contributed by atoms with Crippen molar-refractivity contribution < 1.29 is 19.1 Å². The van der Waals surface area contributed by atoms with Gasteiger partial charge in [-0.15, -0.1) is 0 Å². The average molecular weight is 482 g/mol. The van der Waals surface area contributed by atoms with Crippen LogP contribution in [0.25, 0.3) is 10.8 Å². The largest absolute Gasteiger partial charge is 0.370 e. The Kier molecular flexibility index (Phi) is 5.57. The van der Waals surface area contributed by atoms with Crippen LogP contribution in [0.3, 0.4) is 0 Å². The van der Waals surface area contributed by atoms with E-state index in [1.807, 2.05) is 23.1 Å². The Morgan fingerprint density at radius 1 is 1.00 bits per heavy atom. The van der Waals surface area contributed by atoms with Gasteiger partial charge in [0.05, 0.1) is 12.3 Å². The lowest BCUT2D eigenvalue weighted by Crippen LogP contribution is -2.51. The summed E-state index contributed by atoms with van der Waals surface area (Å²) in [6.45, 7) is 5.80. The van der Waals surface area contributed by atoms with Gasteiger partial charge in [-0.2, -0.15) is 0 Å². The van der Waals surface area contributed by atoms with Gasteiger partial charge in [0.25, 0.3) is 5.91 Å². The highest BCUT2D eigenvalue weighted by Gasteiger charge is 2.39. The molecule has 2 fully saturated rings. The highest BCUT2D eigenvalue weighted by atomic mass is 16.5. The minimum absolute atomic E-state index is 0.0254.